The van der Waals surface area contributed by atoms with Crippen molar-refractivity contribution in [3.05, 3.63) is 66.2 Å². The zero-order chi connectivity index (χ0) is 23.3. The number of hydrogen-bond acceptors (Lipinski definition) is 8. The van der Waals surface area contributed by atoms with Gasteiger partial charge in [-0.1, -0.05) is 25.0 Å². The van der Waals surface area contributed by atoms with Crippen molar-refractivity contribution in [1.29, 1.82) is 5.26 Å². The lowest BCUT2D eigenvalue weighted by Crippen LogP contribution is -2.29. The molecule has 0 aliphatic carbocycles. The van der Waals surface area contributed by atoms with Gasteiger partial charge in [0.25, 0.3) is 0 Å². The molecule has 1 fully saturated rings. The maximum absolute atomic E-state index is 11.1. The SMILES string of the molecule is N#Cc1ccc(N(Cc2ccc(OS(N)(=O)=O)cc2)n2cnnc2)cc1N1CCCCCC1. The number of nitrogens with two attached hydrogens (primary N) is 1. The summed E-state index contributed by atoms with van der Waals surface area (Å²) < 4.78 is 28.8. The van der Waals surface area contributed by atoms with E-state index in [0.29, 0.717) is 12.1 Å². The van der Waals surface area contributed by atoms with E-state index in [-0.39, 0.29) is 5.75 Å². The highest BCUT2D eigenvalue weighted by molar-refractivity contribution is 7.84. The molecule has 2 aromatic carbocycles. The van der Waals surface area contributed by atoms with Crippen LogP contribution in [0.15, 0.2) is 55.1 Å². The molecule has 0 saturated carbocycles. The van der Waals surface area contributed by atoms with Crippen LogP contribution in [-0.4, -0.2) is 36.4 Å². The molecular formula is C22H25N7O3S. The Kier molecular flexibility index (Phi) is 6.76. The molecule has 1 aliphatic heterocycles. The molecule has 1 aliphatic rings. The first-order valence-electron chi connectivity index (χ1n) is 10.7. The zero-order valence-electron chi connectivity index (χ0n) is 18.0. The Hall–Kier alpha value is -3.62. The molecule has 0 radical (unpaired) electrons. The van der Waals surface area contributed by atoms with Gasteiger partial charge in [-0.15, -0.1) is 10.2 Å². The minimum Gasteiger partial charge on any atom is -0.371 e. The Labute approximate surface area is 193 Å². The lowest BCUT2D eigenvalue weighted by atomic mass is 10.1. The van der Waals surface area contributed by atoms with Crippen LogP contribution in [0.1, 0.15) is 36.8 Å². The summed E-state index contributed by atoms with van der Waals surface area (Å²) in [5.74, 6) is 0.138. The molecule has 0 spiro atoms. The molecule has 0 amide bonds. The average molecular weight is 468 g/mol. The molecule has 0 atom stereocenters. The quantitative estimate of drug-likeness (QED) is 0.561. The molecule has 1 aromatic heterocycles. The minimum absolute atomic E-state index is 0.138. The van der Waals surface area contributed by atoms with E-state index in [1.54, 1.807) is 41.6 Å². The van der Waals surface area contributed by atoms with Crippen molar-refractivity contribution in [1.82, 2.24) is 14.9 Å². The van der Waals surface area contributed by atoms with Gasteiger partial charge in [0.15, 0.2) is 0 Å². The van der Waals surface area contributed by atoms with E-state index in [4.69, 9.17) is 9.32 Å². The van der Waals surface area contributed by atoms with Crippen LogP contribution in [0.2, 0.25) is 0 Å². The summed E-state index contributed by atoms with van der Waals surface area (Å²) in [5, 5.41) is 24.5. The molecule has 4 rings (SSSR count). The van der Waals surface area contributed by atoms with Gasteiger partial charge in [-0.25, -0.2) is 4.68 Å². The van der Waals surface area contributed by atoms with Crippen molar-refractivity contribution in [2.75, 3.05) is 23.0 Å². The molecule has 1 saturated heterocycles. The van der Waals surface area contributed by atoms with Gasteiger partial charge in [0.1, 0.15) is 24.5 Å². The van der Waals surface area contributed by atoms with Crippen LogP contribution in [-0.2, 0) is 16.8 Å². The van der Waals surface area contributed by atoms with E-state index in [1.165, 1.54) is 12.8 Å². The van der Waals surface area contributed by atoms with Crippen molar-refractivity contribution >= 4 is 21.7 Å². The molecule has 2 N–H and O–H groups in total. The Morgan fingerprint density at radius 2 is 1.70 bits per heavy atom. The van der Waals surface area contributed by atoms with Crippen LogP contribution in [0.4, 0.5) is 11.4 Å². The van der Waals surface area contributed by atoms with Gasteiger partial charge in [0.05, 0.1) is 23.5 Å². The first-order chi connectivity index (χ1) is 15.9. The number of benzene rings is 2. The third-order valence-electron chi connectivity index (χ3n) is 5.50. The van der Waals surface area contributed by atoms with Gasteiger partial charge in [-0.2, -0.15) is 18.8 Å². The summed E-state index contributed by atoms with van der Waals surface area (Å²) in [4.78, 5) is 2.29. The predicted molar refractivity (Wildman–Crippen MR) is 124 cm³/mol. The van der Waals surface area contributed by atoms with Gasteiger partial charge in [0, 0.05) is 13.1 Å². The van der Waals surface area contributed by atoms with E-state index >= 15 is 0 Å². The average Bonchev–Trinajstić information content (AvgIpc) is 3.19. The Morgan fingerprint density at radius 1 is 1.03 bits per heavy atom. The molecule has 172 valence electrons. The molecule has 11 heteroatoms. The Morgan fingerprint density at radius 3 is 2.30 bits per heavy atom. The number of anilines is 2. The zero-order valence-corrected chi connectivity index (χ0v) is 18.9. The van der Waals surface area contributed by atoms with Crippen LogP contribution in [0.5, 0.6) is 5.75 Å². The minimum atomic E-state index is -4.08. The van der Waals surface area contributed by atoms with Crippen LogP contribution in [0.3, 0.4) is 0 Å². The van der Waals surface area contributed by atoms with E-state index in [0.717, 1.165) is 42.9 Å². The standard InChI is InChI=1S/C22H25N7O3S/c23-14-19-7-8-20(13-22(19)27-11-3-1-2-4-12-27)29(28-16-25-26-17-28)15-18-5-9-21(10-6-18)32-33(24,30)31/h5-10,13,16-17H,1-4,11-12,15H2,(H2,24,30,31). The van der Waals surface area contributed by atoms with E-state index in [2.05, 4.69) is 21.2 Å². The summed E-state index contributed by atoms with van der Waals surface area (Å²) in [6.45, 7) is 2.30. The summed E-state index contributed by atoms with van der Waals surface area (Å²) in [6.07, 6.45) is 7.82. The predicted octanol–water partition coefficient (Wildman–Crippen LogP) is 2.58. The first kappa shape index (κ1) is 22.6. The Bertz CT molecular complexity index is 1210. The summed E-state index contributed by atoms with van der Waals surface area (Å²) >= 11 is 0. The van der Waals surface area contributed by atoms with E-state index < -0.39 is 10.3 Å². The number of nitrogens with zero attached hydrogens (tertiary/aromatic N) is 6. The summed E-state index contributed by atoms with van der Waals surface area (Å²) in [6, 6.07) is 14.7. The van der Waals surface area contributed by atoms with Crippen LogP contribution < -0.4 is 19.2 Å². The summed E-state index contributed by atoms with van der Waals surface area (Å²) in [5.41, 5.74) is 3.34. The van der Waals surface area contributed by atoms with Gasteiger partial charge in [-0.3, -0.25) is 5.01 Å². The third-order valence-corrected chi connectivity index (χ3v) is 5.92. The molecule has 0 unspecified atom stereocenters. The van der Waals surface area contributed by atoms with Crippen molar-refractivity contribution in [3.8, 4) is 11.8 Å². The third kappa shape index (κ3) is 5.79. The van der Waals surface area contributed by atoms with Crippen molar-refractivity contribution in [3.63, 3.8) is 0 Å². The van der Waals surface area contributed by atoms with Crippen LogP contribution in [0, 0.1) is 11.3 Å². The molecule has 2 heterocycles. The van der Waals surface area contributed by atoms with Gasteiger partial charge in [-0.05, 0) is 48.7 Å². The highest BCUT2D eigenvalue weighted by atomic mass is 32.2. The fraction of sp³-hybridized carbons (Fsp3) is 0.318. The lowest BCUT2D eigenvalue weighted by Gasteiger charge is -2.29. The van der Waals surface area contributed by atoms with E-state index in [9.17, 15) is 13.7 Å². The monoisotopic (exact) mass is 467 g/mol. The topological polar surface area (TPSA) is 130 Å². The normalized spacial score (nSPS) is 14.4. The molecular weight excluding hydrogens is 442 g/mol. The fourth-order valence-electron chi connectivity index (χ4n) is 3.93. The van der Waals surface area contributed by atoms with Gasteiger partial charge in [0.2, 0.25) is 0 Å². The maximum atomic E-state index is 11.1. The number of hydrogen-bond donors (Lipinski definition) is 1. The first-order valence-corrected chi connectivity index (χ1v) is 12.1. The van der Waals surface area contributed by atoms with Crippen molar-refractivity contribution in [2.24, 2.45) is 5.14 Å². The largest absolute Gasteiger partial charge is 0.380 e. The number of nitriles is 1. The molecule has 3 aromatic rings. The smallest absolute Gasteiger partial charge is 0.371 e. The van der Waals surface area contributed by atoms with E-state index in [1.807, 2.05) is 23.2 Å². The summed E-state index contributed by atoms with van der Waals surface area (Å²) in [7, 11) is -4.08. The van der Waals surface area contributed by atoms with Gasteiger partial charge >= 0.3 is 10.3 Å². The maximum Gasteiger partial charge on any atom is 0.380 e. The number of aromatic nitrogens is 3. The number of rotatable bonds is 7. The second kappa shape index (κ2) is 9.89. The molecule has 33 heavy (non-hydrogen) atoms. The highest BCUT2D eigenvalue weighted by Gasteiger charge is 2.18. The highest BCUT2D eigenvalue weighted by Crippen LogP contribution is 2.30. The van der Waals surface area contributed by atoms with Crippen molar-refractivity contribution < 1.29 is 12.6 Å². The van der Waals surface area contributed by atoms with Gasteiger partial charge < -0.3 is 9.08 Å². The fourth-order valence-corrected chi connectivity index (χ4v) is 4.31. The van der Waals surface area contributed by atoms with Crippen molar-refractivity contribution in [2.45, 2.75) is 32.2 Å². The second-order valence-electron chi connectivity index (χ2n) is 7.83. The lowest BCUT2D eigenvalue weighted by molar-refractivity contribution is 0.487. The molecule has 10 nitrogen and oxygen atoms in total. The second-order valence-corrected chi connectivity index (χ2v) is 8.99. The van der Waals surface area contributed by atoms with Crippen LogP contribution >= 0.6 is 0 Å². The Balaban J connectivity index is 1.65. The van der Waals surface area contributed by atoms with Crippen LogP contribution in [0.25, 0.3) is 0 Å². The molecule has 0 bridgehead atoms.